The van der Waals surface area contributed by atoms with Gasteiger partial charge in [-0.15, -0.1) is 0 Å². The number of hydrogen-bond donors (Lipinski definition) is 3. The van der Waals surface area contributed by atoms with Crippen molar-refractivity contribution in [3.8, 4) is 0 Å². The molecule has 0 saturated heterocycles. The maximum atomic E-state index is 12.5. The number of hydrogen-bond acceptors (Lipinski definition) is 10. The third kappa shape index (κ3) is 15.2. The van der Waals surface area contributed by atoms with Gasteiger partial charge in [0.2, 0.25) is 0 Å². The summed E-state index contributed by atoms with van der Waals surface area (Å²) >= 11 is 0. The SMILES string of the molecule is CN(C)CCNOP(=O)(ONCCN(C)C)ONCCN(C)C. The van der Waals surface area contributed by atoms with Crippen LogP contribution in [0.1, 0.15) is 0 Å². The van der Waals surface area contributed by atoms with E-state index in [1.165, 1.54) is 0 Å². The van der Waals surface area contributed by atoms with E-state index in [1.807, 2.05) is 57.0 Å². The first-order valence-corrected chi connectivity index (χ1v) is 9.00. The summed E-state index contributed by atoms with van der Waals surface area (Å²) in [5.41, 5.74) is 7.80. The Kier molecular flexibility index (Phi) is 13.1. The summed E-state index contributed by atoms with van der Waals surface area (Å²) in [5.74, 6) is 0. The van der Waals surface area contributed by atoms with Gasteiger partial charge in [-0.1, -0.05) is 0 Å². The molecule has 0 aliphatic heterocycles. The topological polar surface area (TPSA) is 90.6 Å². The Morgan fingerprint density at radius 3 is 1.13 bits per heavy atom. The van der Waals surface area contributed by atoms with Gasteiger partial charge in [0.05, 0.1) is 0 Å². The lowest BCUT2D eigenvalue weighted by Crippen LogP contribution is -2.32. The molecule has 0 rings (SSSR count). The molecule has 0 amide bonds. The van der Waals surface area contributed by atoms with E-state index in [4.69, 9.17) is 13.9 Å². The molecule has 0 radical (unpaired) electrons. The maximum absolute atomic E-state index is 12.5. The van der Waals surface area contributed by atoms with E-state index in [0.717, 1.165) is 19.6 Å². The summed E-state index contributed by atoms with van der Waals surface area (Å²) in [4.78, 5) is 5.90. The zero-order valence-corrected chi connectivity index (χ0v) is 16.1. The summed E-state index contributed by atoms with van der Waals surface area (Å²) in [7, 11) is 7.79. The zero-order valence-electron chi connectivity index (χ0n) is 15.2. The van der Waals surface area contributed by atoms with Crippen molar-refractivity contribution >= 4 is 7.82 Å². The lowest BCUT2D eigenvalue weighted by molar-refractivity contribution is 0.0134. The lowest BCUT2D eigenvalue weighted by Gasteiger charge is -2.19. The minimum Gasteiger partial charge on any atom is -0.308 e. The zero-order chi connectivity index (χ0) is 17.7. The van der Waals surface area contributed by atoms with E-state index >= 15 is 0 Å². The molecule has 0 aromatic heterocycles. The minimum atomic E-state index is -3.79. The second-order valence-electron chi connectivity index (χ2n) is 5.81. The fourth-order valence-electron chi connectivity index (χ4n) is 1.24. The second-order valence-corrected chi connectivity index (χ2v) is 7.26. The summed E-state index contributed by atoms with van der Waals surface area (Å²) in [6, 6.07) is 0. The van der Waals surface area contributed by atoms with Crippen LogP contribution in [0.4, 0.5) is 0 Å². The third-order valence-electron chi connectivity index (χ3n) is 2.51. The van der Waals surface area contributed by atoms with Crippen molar-refractivity contribution in [2.45, 2.75) is 0 Å². The van der Waals surface area contributed by atoms with Crippen LogP contribution in [-0.4, -0.2) is 96.3 Å². The van der Waals surface area contributed by atoms with Crippen molar-refractivity contribution in [2.75, 3.05) is 81.6 Å². The molecule has 23 heavy (non-hydrogen) atoms. The van der Waals surface area contributed by atoms with Crippen molar-refractivity contribution in [3.05, 3.63) is 0 Å². The highest BCUT2D eigenvalue weighted by Crippen LogP contribution is 2.46. The Labute approximate surface area is 139 Å². The molecule has 0 saturated carbocycles. The number of hydroxylamine groups is 3. The molecule has 0 heterocycles. The van der Waals surface area contributed by atoms with Crippen LogP contribution < -0.4 is 16.4 Å². The molecule has 0 aromatic rings. The van der Waals surface area contributed by atoms with Gasteiger partial charge in [-0.2, -0.15) is 30.3 Å². The Balaban J connectivity index is 4.19. The molecule has 140 valence electrons. The second kappa shape index (κ2) is 13.2. The van der Waals surface area contributed by atoms with Crippen LogP contribution in [-0.2, 0) is 18.4 Å². The minimum absolute atomic E-state index is 0.485. The van der Waals surface area contributed by atoms with Crippen molar-refractivity contribution in [2.24, 2.45) is 0 Å². The molecule has 0 spiro atoms. The van der Waals surface area contributed by atoms with Gasteiger partial charge in [0.25, 0.3) is 0 Å². The molecule has 0 atom stereocenters. The van der Waals surface area contributed by atoms with Crippen LogP contribution in [0.15, 0.2) is 0 Å². The predicted octanol–water partition coefficient (Wildman–Crippen LogP) is -0.657. The van der Waals surface area contributed by atoms with E-state index in [9.17, 15) is 4.57 Å². The summed E-state index contributed by atoms with van der Waals surface area (Å²) < 4.78 is 27.7. The van der Waals surface area contributed by atoms with Crippen LogP contribution in [0.2, 0.25) is 0 Å². The molecule has 0 aliphatic carbocycles. The largest absolute Gasteiger partial charge is 0.524 e. The average Bonchev–Trinajstić information content (AvgIpc) is 2.44. The number of nitrogens with one attached hydrogen (secondary N) is 3. The average molecular weight is 356 g/mol. The number of nitrogens with zero attached hydrogens (tertiary/aromatic N) is 3. The molecule has 0 fully saturated rings. The van der Waals surface area contributed by atoms with Crippen LogP contribution in [0.3, 0.4) is 0 Å². The van der Waals surface area contributed by atoms with Gasteiger partial charge in [0, 0.05) is 39.3 Å². The Bertz CT molecular complexity index is 285. The van der Waals surface area contributed by atoms with Crippen LogP contribution >= 0.6 is 7.82 Å². The van der Waals surface area contributed by atoms with Gasteiger partial charge in [-0.25, -0.2) is 4.57 Å². The van der Waals surface area contributed by atoms with Crippen molar-refractivity contribution < 1.29 is 18.4 Å². The van der Waals surface area contributed by atoms with E-state index < -0.39 is 7.82 Å². The smallest absolute Gasteiger partial charge is 0.308 e. The predicted molar refractivity (Wildman–Crippen MR) is 90.5 cm³/mol. The molecule has 0 aliphatic rings. The van der Waals surface area contributed by atoms with Gasteiger partial charge >= 0.3 is 7.82 Å². The first-order valence-electron chi connectivity index (χ1n) is 7.54. The molecular weight excluding hydrogens is 323 g/mol. The number of likely N-dealkylation sites (N-methyl/N-ethyl adjacent to an activating group) is 3. The van der Waals surface area contributed by atoms with Crippen LogP contribution in [0, 0.1) is 0 Å². The highest BCUT2D eigenvalue weighted by atomic mass is 31.2. The summed E-state index contributed by atoms with van der Waals surface area (Å²) in [5, 5.41) is 0. The van der Waals surface area contributed by atoms with E-state index in [-0.39, 0.29) is 0 Å². The molecule has 3 N–H and O–H groups in total. The van der Waals surface area contributed by atoms with Crippen LogP contribution in [0.5, 0.6) is 0 Å². The Hall–Kier alpha value is -0.130. The molecule has 0 unspecified atom stereocenters. The van der Waals surface area contributed by atoms with Crippen LogP contribution in [0.25, 0.3) is 0 Å². The standard InChI is InChI=1S/C12H33N6O4P/c1-16(2)10-7-13-20-23(19,21-14-8-11-17(3)4)22-15-9-12-18(5)6/h13-15H,7-12H2,1-6H3. The van der Waals surface area contributed by atoms with Crippen molar-refractivity contribution in [3.63, 3.8) is 0 Å². The third-order valence-corrected chi connectivity index (χ3v) is 3.57. The Morgan fingerprint density at radius 2 is 0.913 bits per heavy atom. The Morgan fingerprint density at radius 1 is 0.652 bits per heavy atom. The van der Waals surface area contributed by atoms with Gasteiger partial charge in [0.1, 0.15) is 0 Å². The van der Waals surface area contributed by atoms with Gasteiger partial charge < -0.3 is 14.7 Å². The first-order chi connectivity index (χ1) is 10.7. The van der Waals surface area contributed by atoms with E-state index in [0.29, 0.717) is 19.6 Å². The molecule has 0 bridgehead atoms. The molecule has 11 heteroatoms. The molecule has 0 aromatic carbocycles. The highest BCUT2D eigenvalue weighted by Gasteiger charge is 2.28. The number of rotatable bonds is 15. The summed E-state index contributed by atoms with van der Waals surface area (Å²) in [6.07, 6.45) is 0. The maximum Gasteiger partial charge on any atom is 0.524 e. The number of phosphoric acid groups is 1. The van der Waals surface area contributed by atoms with Gasteiger partial charge in [-0.3, -0.25) is 0 Å². The van der Waals surface area contributed by atoms with Crippen molar-refractivity contribution in [1.29, 1.82) is 0 Å². The first kappa shape index (κ1) is 22.9. The molecule has 10 nitrogen and oxygen atoms in total. The molecular formula is C12H33N6O4P. The van der Waals surface area contributed by atoms with E-state index in [1.54, 1.807) is 0 Å². The normalized spacial score (nSPS) is 12.7. The lowest BCUT2D eigenvalue weighted by atomic mass is 10.6. The van der Waals surface area contributed by atoms with Gasteiger partial charge in [0.15, 0.2) is 0 Å². The summed E-state index contributed by atoms with van der Waals surface area (Å²) in [6.45, 7) is 3.63. The quantitative estimate of drug-likeness (QED) is 0.200. The van der Waals surface area contributed by atoms with Crippen molar-refractivity contribution in [1.82, 2.24) is 31.1 Å². The monoisotopic (exact) mass is 356 g/mol. The highest BCUT2D eigenvalue weighted by molar-refractivity contribution is 7.48. The van der Waals surface area contributed by atoms with E-state index in [2.05, 4.69) is 16.4 Å². The fourth-order valence-corrected chi connectivity index (χ4v) is 2.10. The van der Waals surface area contributed by atoms with Gasteiger partial charge in [-0.05, 0) is 42.3 Å². The fraction of sp³-hybridized carbons (Fsp3) is 1.00.